The molecule has 5 heteroatoms. The van der Waals surface area contributed by atoms with Crippen LogP contribution in [0.5, 0.6) is 0 Å². The van der Waals surface area contributed by atoms with Gasteiger partial charge in [-0.25, -0.2) is 5.43 Å². The Labute approximate surface area is 148 Å². The highest BCUT2D eigenvalue weighted by molar-refractivity contribution is 6.05. The zero-order valence-electron chi connectivity index (χ0n) is 14.6. The van der Waals surface area contributed by atoms with Crippen LogP contribution in [0.1, 0.15) is 30.9 Å². The minimum absolute atomic E-state index is 0.132. The lowest BCUT2D eigenvalue weighted by atomic mass is 10.1. The van der Waals surface area contributed by atoms with E-state index in [0.717, 1.165) is 16.8 Å². The molecule has 25 heavy (non-hydrogen) atoms. The number of nitrogens with zero attached hydrogens (tertiary/aromatic N) is 1. The molecule has 0 aliphatic rings. The van der Waals surface area contributed by atoms with Gasteiger partial charge in [0.2, 0.25) is 11.8 Å². The number of amides is 2. The van der Waals surface area contributed by atoms with Crippen LogP contribution in [-0.2, 0) is 16.0 Å². The minimum atomic E-state index is -0.165. The Bertz CT molecular complexity index is 737. The van der Waals surface area contributed by atoms with Crippen molar-refractivity contribution in [1.82, 2.24) is 5.43 Å². The predicted molar refractivity (Wildman–Crippen MR) is 100 cm³/mol. The summed E-state index contributed by atoms with van der Waals surface area (Å²) in [6.07, 6.45) is 1.15. The monoisotopic (exact) mass is 337 g/mol. The molecule has 0 aliphatic carbocycles. The maximum atomic E-state index is 12.0. The quantitative estimate of drug-likeness (QED) is 0.600. The van der Waals surface area contributed by atoms with E-state index in [4.69, 9.17) is 0 Å². The van der Waals surface area contributed by atoms with Crippen molar-refractivity contribution >= 4 is 23.2 Å². The van der Waals surface area contributed by atoms with E-state index in [1.807, 2.05) is 61.5 Å². The number of rotatable bonds is 7. The van der Waals surface area contributed by atoms with E-state index in [9.17, 15) is 9.59 Å². The van der Waals surface area contributed by atoms with Gasteiger partial charge in [0.25, 0.3) is 0 Å². The van der Waals surface area contributed by atoms with Crippen LogP contribution in [0.4, 0.5) is 5.69 Å². The van der Waals surface area contributed by atoms with E-state index in [2.05, 4.69) is 15.8 Å². The molecule has 0 heterocycles. The summed E-state index contributed by atoms with van der Waals surface area (Å²) >= 11 is 0. The lowest BCUT2D eigenvalue weighted by molar-refractivity contribution is -0.121. The molecule has 0 bridgehead atoms. The van der Waals surface area contributed by atoms with Crippen LogP contribution in [-0.4, -0.2) is 17.5 Å². The Hall–Kier alpha value is -2.95. The van der Waals surface area contributed by atoms with Gasteiger partial charge < -0.3 is 5.32 Å². The van der Waals surface area contributed by atoms with Gasteiger partial charge in [-0.1, -0.05) is 48.0 Å². The number of nitrogens with one attached hydrogen (secondary N) is 2. The summed E-state index contributed by atoms with van der Waals surface area (Å²) in [5.74, 6) is -0.328. The summed E-state index contributed by atoms with van der Waals surface area (Å²) in [4.78, 5) is 23.8. The number of carbonyl (C=O) groups is 2. The standard InChI is InChI=1S/C20H23N3O2/c1-15-8-11-18(12-9-15)21-20(25)14-16(2)22-23-19(24)13-10-17-6-4-3-5-7-17/h3-9,11-12H,10,13-14H2,1-2H3,(H,21,25)(H,23,24)/b22-16-. The Morgan fingerprint density at radius 2 is 1.64 bits per heavy atom. The van der Waals surface area contributed by atoms with Crippen molar-refractivity contribution in [2.75, 3.05) is 5.32 Å². The number of hydrazone groups is 1. The maximum absolute atomic E-state index is 12.0. The molecule has 130 valence electrons. The highest BCUT2D eigenvalue weighted by atomic mass is 16.2. The highest BCUT2D eigenvalue weighted by Gasteiger charge is 2.06. The average molecular weight is 337 g/mol. The number of hydrogen-bond donors (Lipinski definition) is 2. The van der Waals surface area contributed by atoms with E-state index >= 15 is 0 Å². The highest BCUT2D eigenvalue weighted by Crippen LogP contribution is 2.09. The van der Waals surface area contributed by atoms with Gasteiger partial charge in [0.05, 0.1) is 6.42 Å². The molecule has 0 spiro atoms. The molecule has 2 aromatic carbocycles. The van der Waals surface area contributed by atoms with Crippen molar-refractivity contribution in [1.29, 1.82) is 0 Å². The molecular formula is C20H23N3O2. The lowest BCUT2D eigenvalue weighted by Gasteiger charge is -2.06. The fraction of sp³-hybridized carbons (Fsp3) is 0.250. The Balaban J connectivity index is 1.73. The molecule has 0 atom stereocenters. The van der Waals surface area contributed by atoms with Crippen LogP contribution < -0.4 is 10.7 Å². The SMILES string of the molecule is C/C(CC(=O)Nc1ccc(C)cc1)=N/NC(=O)CCc1ccccc1. The van der Waals surface area contributed by atoms with E-state index in [1.165, 1.54) is 0 Å². The van der Waals surface area contributed by atoms with Crippen molar-refractivity contribution in [2.45, 2.75) is 33.1 Å². The van der Waals surface area contributed by atoms with Gasteiger partial charge in [-0.15, -0.1) is 0 Å². The molecule has 2 amide bonds. The lowest BCUT2D eigenvalue weighted by Crippen LogP contribution is -2.21. The summed E-state index contributed by atoms with van der Waals surface area (Å²) in [5.41, 5.74) is 6.04. The van der Waals surface area contributed by atoms with Crippen LogP contribution >= 0.6 is 0 Å². The molecule has 2 aromatic rings. The van der Waals surface area contributed by atoms with Crippen molar-refractivity contribution in [2.24, 2.45) is 5.10 Å². The predicted octanol–water partition coefficient (Wildman–Crippen LogP) is 3.45. The Morgan fingerprint density at radius 3 is 2.32 bits per heavy atom. The summed E-state index contributed by atoms with van der Waals surface area (Å²) in [5, 5.41) is 6.79. The van der Waals surface area contributed by atoms with Crippen LogP contribution in [0.25, 0.3) is 0 Å². The number of benzene rings is 2. The molecular weight excluding hydrogens is 314 g/mol. The van der Waals surface area contributed by atoms with Gasteiger partial charge in [-0.3, -0.25) is 9.59 Å². The molecule has 0 saturated carbocycles. The summed E-state index contributed by atoms with van der Waals surface area (Å²) in [6, 6.07) is 17.4. The van der Waals surface area contributed by atoms with Crippen molar-refractivity contribution in [3.8, 4) is 0 Å². The average Bonchev–Trinajstić information content (AvgIpc) is 2.61. The Kier molecular flexibility index (Phi) is 6.89. The molecule has 0 aromatic heterocycles. The summed E-state index contributed by atoms with van der Waals surface area (Å²) in [6.45, 7) is 3.70. The van der Waals surface area contributed by atoms with Crippen LogP contribution in [0.2, 0.25) is 0 Å². The normalized spacial score (nSPS) is 11.0. The largest absolute Gasteiger partial charge is 0.326 e. The van der Waals surface area contributed by atoms with Gasteiger partial charge in [0, 0.05) is 17.8 Å². The minimum Gasteiger partial charge on any atom is -0.326 e. The zero-order valence-corrected chi connectivity index (χ0v) is 14.6. The van der Waals surface area contributed by atoms with Crippen molar-refractivity contribution < 1.29 is 9.59 Å². The van der Waals surface area contributed by atoms with Gasteiger partial charge in [0.15, 0.2) is 0 Å². The van der Waals surface area contributed by atoms with Crippen LogP contribution in [0.3, 0.4) is 0 Å². The van der Waals surface area contributed by atoms with Gasteiger partial charge >= 0.3 is 0 Å². The molecule has 2 rings (SSSR count). The maximum Gasteiger partial charge on any atom is 0.240 e. The summed E-state index contributed by atoms with van der Waals surface area (Å²) < 4.78 is 0. The molecule has 0 fully saturated rings. The van der Waals surface area contributed by atoms with Crippen molar-refractivity contribution in [3.05, 3.63) is 65.7 Å². The molecule has 2 N–H and O–H groups in total. The number of aryl methyl sites for hydroxylation is 2. The van der Waals surface area contributed by atoms with E-state index < -0.39 is 0 Å². The van der Waals surface area contributed by atoms with Crippen molar-refractivity contribution in [3.63, 3.8) is 0 Å². The fourth-order valence-corrected chi connectivity index (χ4v) is 2.23. The molecule has 0 saturated heterocycles. The topological polar surface area (TPSA) is 70.6 Å². The van der Waals surface area contributed by atoms with Gasteiger partial charge in [-0.2, -0.15) is 5.10 Å². The third kappa shape index (κ3) is 6.99. The molecule has 0 radical (unpaired) electrons. The first-order valence-electron chi connectivity index (χ1n) is 8.25. The first kappa shape index (κ1) is 18.4. The fourth-order valence-electron chi connectivity index (χ4n) is 2.23. The first-order valence-corrected chi connectivity index (χ1v) is 8.25. The number of carbonyl (C=O) groups excluding carboxylic acids is 2. The Morgan fingerprint density at radius 1 is 0.960 bits per heavy atom. The third-order valence-corrected chi connectivity index (χ3v) is 3.61. The van der Waals surface area contributed by atoms with Gasteiger partial charge in [0.1, 0.15) is 0 Å². The van der Waals surface area contributed by atoms with Gasteiger partial charge in [-0.05, 0) is 38.0 Å². The molecule has 0 aliphatic heterocycles. The van der Waals surface area contributed by atoms with E-state index in [0.29, 0.717) is 18.6 Å². The van der Waals surface area contributed by atoms with Crippen LogP contribution in [0.15, 0.2) is 59.7 Å². The first-order chi connectivity index (χ1) is 12.0. The second-order valence-electron chi connectivity index (χ2n) is 5.96. The number of anilines is 1. The smallest absolute Gasteiger partial charge is 0.240 e. The van der Waals surface area contributed by atoms with E-state index in [1.54, 1.807) is 6.92 Å². The molecule has 0 unspecified atom stereocenters. The summed E-state index contributed by atoms with van der Waals surface area (Å²) in [7, 11) is 0. The van der Waals surface area contributed by atoms with Crippen LogP contribution in [0, 0.1) is 6.92 Å². The number of hydrogen-bond acceptors (Lipinski definition) is 3. The second-order valence-corrected chi connectivity index (χ2v) is 5.96. The second kappa shape index (κ2) is 9.37. The van der Waals surface area contributed by atoms with E-state index in [-0.39, 0.29) is 18.2 Å². The third-order valence-electron chi connectivity index (χ3n) is 3.61. The molecule has 5 nitrogen and oxygen atoms in total. The zero-order chi connectivity index (χ0) is 18.1.